The molecule has 2 nitrogen and oxygen atoms in total. The Morgan fingerprint density at radius 1 is 1.16 bits per heavy atom. The highest BCUT2D eigenvalue weighted by Gasteiger charge is 2.04. The molecular weight excluding hydrogens is 324 g/mol. The smallest absolute Gasteiger partial charge is 0.0504 e. The average molecular weight is 336 g/mol. The molecule has 1 heterocycles. The standard InChI is InChI=1S/C15H12BrClN2/c16-13-8-12(17)4-5-14(13)19-9-11-3-1-2-10-6-7-18-15(10)11/h1-8,18-19H,9H2. The lowest BCUT2D eigenvalue weighted by Gasteiger charge is -2.09. The van der Waals surface area contributed by atoms with Crippen molar-refractivity contribution in [3.8, 4) is 0 Å². The number of hydrogen-bond acceptors (Lipinski definition) is 1. The second-order valence-electron chi connectivity index (χ2n) is 4.34. The summed E-state index contributed by atoms with van der Waals surface area (Å²) < 4.78 is 0.971. The minimum absolute atomic E-state index is 0.726. The van der Waals surface area contributed by atoms with Gasteiger partial charge in [0.2, 0.25) is 0 Å². The number of fused-ring (bicyclic) bond motifs is 1. The summed E-state index contributed by atoms with van der Waals surface area (Å²) in [5.74, 6) is 0. The zero-order chi connectivity index (χ0) is 13.2. The molecule has 3 rings (SSSR count). The van der Waals surface area contributed by atoms with Crippen LogP contribution in [-0.4, -0.2) is 4.98 Å². The third-order valence-corrected chi connectivity index (χ3v) is 3.97. The van der Waals surface area contributed by atoms with Crippen LogP contribution in [0.4, 0.5) is 5.69 Å². The maximum atomic E-state index is 5.93. The highest BCUT2D eigenvalue weighted by atomic mass is 79.9. The molecule has 0 fully saturated rings. The van der Waals surface area contributed by atoms with Crippen LogP contribution in [0.2, 0.25) is 5.02 Å². The number of rotatable bonds is 3. The lowest BCUT2D eigenvalue weighted by atomic mass is 10.1. The molecule has 4 heteroatoms. The van der Waals surface area contributed by atoms with Crippen molar-refractivity contribution in [2.75, 3.05) is 5.32 Å². The topological polar surface area (TPSA) is 27.8 Å². The molecule has 0 amide bonds. The van der Waals surface area contributed by atoms with Gasteiger partial charge in [-0.2, -0.15) is 0 Å². The van der Waals surface area contributed by atoms with Gasteiger partial charge in [-0.15, -0.1) is 0 Å². The zero-order valence-electron chi connectivity index (χ0n) is 10.1. The van der Waals surface area contributed by atoms with Gasteiger partial charge in [0.1, 0.15) is 0 Å². The van der Waals surface area contributed by atoms with E-state index in [2.05, 4.69) is 50.5 Å². The van der Waals surface area contributed by atoms with E-state index in [1.165, 1.54) is 16.5 Å². The molecule has 0 spiro atoms. The molecule has 0 atom stereocenters. The van der Waals surface area contributed by atoms with Crippen LogP contribution in [0.5, 0.6) is 0 Å². The minimum atomic E-state index is 0.726. The van der Waals surface area contributed by atoms with E-state index in [1.54, 1.807) is 0 Å². The van der Waals surface area contributed by atoms with Crippen molar-refractivity contribution in [2.24, 2.45) is 0 Å². The van der Waals surface area contributed by atoms with Crippen molar-refractivity contribution in [1.29, 1.82) is 0 Å². The van der Waals surface area contributed by atoms with Crippen molar-refractivity contribution >= 4 is 44.1 Å². The maximum absolute atomic E-state index is 5.93. The fraction of sp³-hybridized carbons (Fsp3) is 0.0667. The van der Waals surface area contributed by atoms with Crippen LogP contribution in [0.3, 0.4) is 0 Å². The number of aromatic nitrogens is 1. The molecule has 0 aliphatic heterocycles. The van der Waals surface area contributed by atoms with Gasteiger partial charge < -0.3 is 10.3 Å². The Balaban J connectivity index is 1.84. The SMILES string of the molecule is Clc1ccc(NCc2cccc3cc[nH]c23)c(Br)c1. The van der Waals surface area contributed by atoms with E-state index in [0.717, 1.165) is 21.7 Å². The number of hydrogen-bond donors (Lipinski definition) is 2. The predicted octanol–water partition coefficient (Wildman–Crippen LogP) is 5.20. The van der Waals surface area contributed by atoms with Crippen LogP contribution < -0.4 is 5.32 Å². The van der Waals surface area contributed by atoms with Gasteiger partial charge in [0.25, 0.3) is 0 Å². The Morgan fingerprint density at radius 2 is 2.05 bits per heavy atom. The summed E-state index contributed by atoms with van der Waals surface area (Å²) in [5.41, 5.74) is 3.46. The summed E-state index contributed by atoms with van der Waals surface area (Å²) in [6.07, 6.45) is 1.96. The summed E-state index contributed by atoms with van der Waals surface area (Å²) in [6, 6.07) is 14.1. The number of anilines is 1. The fourth-order valence-electron chi connectivity index (χ4n) is 2.12. The van der Waals surface area contributed by atoms with E-state index in [9.17, 15) is 0 Å². The maximum Gasteiger partial charge on any atom is 0.0504 e. The first-order valence-electron chi connectivity index (χ1n) is 5.98. The predicted molar refractivity (Wildman–Crippen MR) is 84.8 cm³/mol. The molecule has 2 N–H and O–H groups in total. The first-order chi connectivity index (χ1) is 9.24. The molecule has 0 aliphatic rings. The molecule has 19 heavy (non-hydrogen) atoms. The lowest BCUT2D eigenvalue weighted by molar-refractivity contribution is 1.15. The largest absolute Gasteiger partial charge is 0.380 e. The molecule has 0 unspecified atom stereocenters. The molecule has 0 aliphatic carbocycles. The molecule has 96 valence electrons. The molecule has 0 saturated carbocycles. The second-order valence-corrected chi connectivity index (χ2v) is 5.63. The van der Waals surface area contributed by atoms with Crippen LogP contribution in [0.25, 0.3) is 10.9 Å². The third kappa shape index (κ3) is 2.62. The van der Waals surface area contributed by atoms with Crippen molar-refractivity contribution in [2.45, 2.75) is 6.54 Å². The Hall–Kier alpha value is -1.45. The van der Waals surface area contributed by atoms with Gasteiger partial charge in [0.15, 0.2) is 0 Å². The number of para-hydroxylation sites is 1. The summed E-state index contributed by atoms with van der Waals surface area (Å²) in [4.78, 5) is 3.28. The van der Waals surface area contributed by atoms with Gasteiger partial charge >= 0.3 is 0 Å². The van der Waals surface area contributed by atoms with Crippen LogP contribution in [0, 0.1) is 0 Å². The van der Waals surface area contributed by atoms with Gasteiger partial charge in [-0.1, -0.05) is 29.8 Å². The average Bonchev–Trinajstić information content (AvgIpc) is 2.86. The van der Waals surface area contributed by atoms with E-state index in [-0.39, 0.29) is 0 Å². The summed E-state index contributed by atoms with van der Waals surface area (Å²) in [6.45, 7) is 0.762. The Bertz CT molecular complexity index is 721. The summed E-state index contributed by atoms with van der Waals surface area (Å²) >= 11 is 9.44. The van der Waals surface area contributed by atoms with Crippen molar-refractivity contribution in [1.82, 2.24) is 4.98 Å². The van der Waals surface area contributed by atoms with Crippen LogP contribution in [0.1, 0.15) is 5.56 Å². The van der Waals surface area contributed by atoms with Gasteiger partial charge in [-0.25, -0.2) is 0 Å². The first-order valence-corrected chi connectivity index (χ1v) is 7.15. The molecular formula is C15H12BrClN2. The fourth-order valence-corrected chi connectivity index (χ4v) is 2.94. The normalized spacial score (nSPS) is 10.8. The number of halogens is 2. The lowest BCUT2D eigenvalue weighted by Crippen LogP contribution is -2.00. The summed E-state index contributed by atoms with van der Waals surface area (Å²) in [5, 5.41) is 5.37. The minimum Gasteiger partial charge on any atom is -0.380 e. The third-order valence-electron chi connectivity index (χ3n) is 3.07. The highest BCUT2D eigenvalue weighted by Crippen LogP contribution is 2.27. The van der Waals surface area contributed by atoms with E-state index in [4.69, 9.17) is 11.6 Å². The van der Waals surface area contributed by atoms with Crippen LogP contribution in [0.15, 0.2) is 53.1 Å². The number of benzene rings is 2. The van der Waals surface area contributed by atoms with Gasteiger partial charge in [0, 0.05) is 27.9 Å². The monoisotopic (exact) mass is 334 g/mol. The molecule has 0 radical (unpaired) electrons. The van der Waals surface area contributed by atoms with Crippen molar-refractivity contribution in [3.63, 3.8) is 0 Å². The van der Waals surface area contributed by atoms with E-state index >= 15 is 0 Å². The Kier molecular flexibility index (Phi) is 3.49. The molecule has 3 aromatic rings. The summed E-state index contributed by atoms with van der Waals surface area (Å²) in [7, 11) is 0. The van der Waals surface area contributed by atoms with Gasteiger partial charge in [-0.05, 0) is 51.1 Å². The van der Waals surface area contributed by atoms with Crippen molar-refractivity contribution < 1.29 is 0 Å². The quantitative estimate of drug-likeness (QED) is 0.677. The number of H-pyrrole nitrogens is 1. The molecule has 0 saturated heterocycles. The number of nitrogens with one attached hydrogen (secondary N) is 2. The Morgan fingerprint density at radius 3 is 2.89 bits per heavy atom. The molecule has 1 aromatic heterocycles. The van der Waals surface area contributed by atoms with Gasteiger partial charge in [-0.3, -0.25) is 0 Å². The highest BCUT2D eigenvalue weighted by molar-refractivity contribution is 9.10. The molecule has 0 bridgehead atoms. The van der Waals surface area contributed by atoms with Crippen molar-refractivity contribution in [3.05, 3.63) is 63.7 Å². The zero-order valence-corrected chi connectivity index (χ0v) is 12.4. The van der Waals surface area contributed by atoms with Crippen LogP contribution in [-0.2, 0) is 6.54 Å². The van der Waals surface area contributed by atoms with Gasteiger partial charge in [0.05, 0.1) is 5.52 Å². The van der Waals surface area contributed by atoms with E-state index < -0.39 is 0 Å². The van der Waals surface area contributed by atoms with Crippen LogP contribution >= 0.6 is 27.5 Å². The first kappa shape index (κ1) is 12.6. The number of aromatic amines is 1. The second kappa shape index (κ2) is 5.27. The van der Waals surface area contributed by atoms with E-state index in [0.29, 0.717) is 0 Å². The Labute approximate surface area is 124 Å². The molecule has 2 aromatic carbocycles. The van der Waals surface area contributed by atoms with E-state index in [1.807, 2.05) is 24.4 Å².